The lowest BCUT2D eigenvalue weighted by Gasteiger charge is -2.45. The summed E-state index contributed by atoms with van der Waals surface area (Å²) in [5, 5.41) is 8.06. The molecule has 0 aromatic heterocycles. The second kappa shape index (κ2) is 15.3. The summed E-state index contributed by atoms with van der Waals surface area (Å²) in [5.41, 5.74) is 1.21. The first-order valence-corrected chi connectivity index (χ1v) is 15.4. The van der Waals surface area contributed by atoms with E-state index in [-0.39, 0.29) is 13.2 Å². The van der Waals surface area contributed by atoms with Gasteiger partial charge in [0.2, 0.25) is 24.1 Å². The van der Waals surface area contributed by atoms with E-state index in [0.29, 0.717) is 11.1 Å². The Morgan fingerprint density at radius 1 is 0.744 bits per heavy atom. The van der Waals surface area contributed by atoms with E-state index < -0.39 is 65.6 Å². The summed E-state index contributed by atoms with van der Waals surface area (Å²) in [4.78, 5) is 36.6. The Balaban J connectivity index is 2.13. The molecular formula is C27H29Cl3NO11P. The number of esters is 3. The van der Waals surface area contributed by atoms with E-state index in [2.05, 4.69) is 0 Å². The first kappa shape index (κ1) is 34.8. The van der Waals surface area contributed by atoms with Crippen LogP contribution in [0.5, 0.6) is 0 Å². The van der Waals surface area contributed by atoms with Gasteiger partial charge in [0.15, 0.2) is 12.2 Å². The molecule has 2 aromatic carbocycles. The third-order valence-corrected chi connectivity index (χ3v) is 8.22. The van der Waals surface area contributed by atoms with Crippen molar-refractivity contribution in [2.24, 2.45) is 0 Å². The van der Waals surface area contributed by atoms with Crippen molar-refractivity contribution >= 4 is 66.2 Å². The molecule has 1 N–H and O–H groups in total. The lowest BCUT2D eigenvalue weighted by Crippen LogP contribution is -2.62. The molecule has 5 atom stereocenters. The fourth-order valence-electron chi connectivity index (χ4n) is 3.95. The van der Waals surface area contributed by atoms with Crippen LogP contribution in [0.2, 0.25) is 0 Å². The maximum atomic E-state index is 14.7. The molecule has 3 rings (SSSR count). The van der Waals surface area contributed by atoms with Gasteiger partial charge >= 0.3 is 25.5 Å². The van der Waals surface area contributed by atoms with Crippen molar-refractivity contribution in [1.82, 2.24) is 0 Å². The van der Waals surface area contributed by atoms with Gasteiger partial charge in [0.1, 0.15) is 0 Å². The summed E-state index contributed by atoms with van der Waals surface area (Å²) in [5.74, 6) is -5.54. The summed E-state index contributed by atoms with van der Waals surface area (Å²) in [7, 11) is -4.58. The van der Waals surface area contributed by atoms with Crippen molar-refractivity contribution < 1.29 is 51.7 Å². The molecule has 0 aliphatic carbocycles. The zero-order valence-electron chi connectivity index (χ0n) is 23.1. The monoisotopic (exact) mass is 679 g/mol. The molecule has 1 aliphatic rings. The highest BCUT2D eigenvalue weighted by molar-refractivity contribution is 7.54. The molecule has 43 heavy (non-hydrogen) atoms. The molecule has 0 saturated carbocycles. The third-order valence-electron chi connectivity index (χ3n) is 5.69. The number of nitrogens with one attached hydrogen (secondary N) is 1. The fraction of sp³-hybridized carbons (Fsp3) is 0.407. The maximum absolute atomic E-state index is 14.7. The Kier molecular flexibility index (Phi) is 12.4. The van der Waals surface area contributed by atoms with E-state index in [1.807, 2.05) is 0 Å². The number of halogens is 3. The second-order valence-corrected chi connectivity index (χ2v) is 13.5. The van der Waals surface area contributed by atoms with E-state index in [4.69, 9.17) is 72.9 Å². The van der Waals surface area contributed by atoms with Gasteiger partial charge in [-0.2, -0.15) is 0 Å². The maximum Gasteiger partial charge on any atom is 0.363 e. The van der Waals surface area contributed by atoms with Crippen LogP contribution in [0.3, 0.4) is 0 Å². The molecule has 234 valence electrons. The number of hydrogen-bond acceptors (Lipinski definition) is 12. The van der Waals surface area contributed by atoms with Gasteiger partial charge in [0.25, 0.3) is 3.79 Å². The highest BCUT2D eigenvalue weighted by Gasteiger charge is 2.60. The predicted molar refractivity (Wildman–Crippen MR) is 154 cm³/mol. The van der Waals surface area contributed by atoms with Crippen LogP contribution in [0.25, 0.3) is 0 Å². The van der Waals surface area contributed by atoms with Crippen molar-refractivity contribution in [3.05, 3.63) is 71.8 Å². The minimum Gasteiger partial charge on any atom is -0.455 e. The Labute approximate surface area is 262 Å². The Hall–Kier alpha value is -2.70. The molecule has 1 saturated heterocycles. The van der Waals surface area contributed by atoms with Gasteiger partial charge in [0, 0.05) is 20.8 Å². The number of rotatable bonds is 11. The molecule has 16 heteroatoms. The number of benzene rings is 2. The molecule has 1 aliphatic heterocycles. The summed E-state index contributed by atoms with van der Waals surface area (Å²) in [6, 6.07) is 17.3. The van der Waals surface area contributed by atoms with E-state index in [1.165, 1.54) is 0 Å². The van der Waals surface area contributed by atoms with Crippen LogP contribution in [-0.2, 0) is 64.9 Å². The highest BCUT2D eigenvalue weighted by Crippen LogP contribution is 2.59. The van der Waals surface area contributed by atoms with E-state index in [1.54, 1.807) is 60.7 Å². The molecule has 0 unspecified atom stereocenters. The highest BCUT2D eigenvalue weighted by atomic mass is 35.6. The van der Waals surface area contributed by atoms with Gasteiger partial charge in [-0.1, -0.05) is 95.5 Å². The van der Waals surface area contributed by atoms with Crippen LogP contribution in [0.15, 0.2) is 60.7 Å². The predicted octanol–water partition coefficient (Wildman–Crippen LogP) is 5.45. The van der Waals surface area contributed by atoms with Crippen molar-refractivity contribution in [2.45, 2.75) is 68.2 Å². The van der Waals surface area contributed by atoms with Gasteiger partial charge in [0.05, 0.1) is 13.2 Å². The quantitative estimate of drug-likeness (QED) is 0.0803. The van der Waals surface area contributed by atoms with Crippen LogP contribution in [0.1, 0.15) is 31.9 Å². The molecule has 0 radical (unpaired) electrons. The molecule has 0 amide bonds. The first-order valence-electron chi connectivity index (χ1n) is 12.7. The summed E-state index contributed by atoms with van der Waals surface area (Å²) in [6.07, 6.45) is -7.02. The number of carbonyl (C=O) groups excluding carboxylic acids is 3. The average Bonchev–Trinajstić information content (AvgIpc) is 2.93. The Morgan fingerprint density at radius 3 is 1.58 bits per heavy atom. The first-order chi connectivity index (χ1) is 20.2. The van der Waals surface area contributed by atoms with Crippen molar-refractivity contribution in [3.8, 4) is 0 Å². The topological polar surface area (TPSA) is 157 Å². The molecule has 0 spiro atoms. The number of hydrogen-bond donors (Lipinski definition) is 1. The van der Waals surface area contributed by atoms with Gasteiger partial charge in [-0.15, -0.1) is 0 Å². The van der Waals surface area contributed by atoms with Gasteiger partial charge < -0.3 is 32.7 Å². The van der Waals surface area contributed by atoms with Gasteiger partial charge in [-0.05, 0) is 11.1 Å². The third kappa shape index (κ3) is 10.2. The Bertz CT molecular complexity index is 1280. The minimum atomic E-state index is -4.58. The number of ether oxygens (including phenoxy) is 5. The van der Waals surface area contributed by atoms with E-state index in [9.17, 15) is 18.9 Å². The molecule has 0 bridgehead atoms. The van der Waals surface area contributed by atoms with Gasteiger partial charge in [-0.3, -0.25) is 24.4 Å². The standard InChI is InChI=1S/C27H29Cl3NO11P/c1-16(32)38-21-22(39-17(2)33)24(42-26(31)27(28,29)30)41-25(23(21)40-18(3)34)43(35,36-14-19-10-6-4-7-11-19)37-15-20-12-8-5-9-13-20/h4-13,21-25,31H,14-15H2,1-3H3/t21-,22-,23+,24-,25-/m1/s1. The van der Waals surface area contributed by atoms with Gasteiger partial charge in [-0.25, -0.2) is 0 Å². The van der Waals surface area contributed by atoms with Crippen LogP contribution in [0, 0.1) is 5.41 Å². The zero-order valence-corrected chi connectivity index (χ0v) is 26.3. The molecular weight excluding hydrogens is 652 g/mol. The van der Waals surface area contributed by atoms with E-state index in [0.717, 1.165) is 20.8 Å². The molecule has 12 nitrogen and oxygen atoms in total. The summed E-state index contributed by atoms with van der Waals surface area (Å²) in [6.45, 7) is 2.62. The number of alkyl halides is 3. The SMILES string of the molecule is CC(=O)O[C@@H]1[C@@H](OC(C)=O)[C@@H](OC(=N)C(Cl)(Cl)Cl)O[C@H](P(=O)(OCc2ccccc2)OCc2ccccc2)[C@H]1OC(C)=O. The minimum absolute atomic E-state index is 0.249. The zero-order chi connectivity index (χ0) is 31.8. The van der Waals surface area contributed by atoms with Crippen LogP contribution >= 0.6 is 42.4 Å². The lowest BCUT2D eigenvalue weighted by molar-refractivity contribution is -0.275. The second-order valence-electron chi connectivity index (χ2n) is 9.12. The lowest BCUT2D eigenvalue weighted by atomic mass is 10.0. The molecule has 1 fully saturated rings. The molecule has 2 aromatic rings. The Morgan fingerprint density at radius 2 is 1.16 bits per heavy atom. The average molecular weight is 681 g/mol. The normalized spacial score (nSPS) is 22.2. The van der Waals surface area contributed by atoms with Crippen molar-refractivity contribution in [2.75, 3.05) is 0 Å². The number of carbonyl (C=O) groups is 3. The van der Waals surface area contributed by atoms with E-state index >= 15 is 0 Å². The van der Waals surface area contributed by atoms with Crippen LogP contribution < -0.4 is 0 Å². The van der Waals surface area contributed by atoms with Crippen molar-refractivity contribution in [3.63, 3.8) is 0 Å². The largest absolute Gasteiger partial charge is 0.455 e. The van der Waals surface area contributed by atoms with Crippen molar-refractivity contribution in [1.29, 1.82) is 5.41 Å². The fourth-order valence-corrected chi connectivity index (χ4v) is 5.97. The smallest absolute Gasteiger partial charge is 0.363 e. The molecule has 1 heterocycles. The summed E-state index contributed by atoms with van der Waals surface area (Å²) >= 11 is 17.4. The van der Waals surface area contributed by atoms with Crippen LogP contribution in [0.4, 0.5) is 0 Å². The van der Waals surface area contributed by atoms with Crippen LogP contribution in [-0.4, -0.2) is 58.0 Å². The summed E-state index contributed by atoms with van der Waals surface area (Å²) < 4.78 is 51.5.